The summed E-state index contributed by atoms with van der Waals surface area (Å²) in [7, 11) is -2.47. The van der Waals surface area contributed by atoms with E-state index in [2.05, 4.69) is 5.10 Å². The fourth-order valence-electron chi connectivity index (χ4n) is 5.92. The second-order valence-corrected chi connectivity index (χ2v) is 12.2. The number of hydrogen-bond donors (Lipinski definition) is 0. The Kier molecular flexibility index (Phi) is 6.04. The number of hydrogen-bond acceptors (Lipinski definition) is 9. The molecule has 2 bridgehead atoms. The Morgan fingerprint density at radius 1 is 1.21 bits per heavy atom. The van der Waals surface area contributed by atoms with Crippen LogP contribution in [0.25, 0.3) is 0 Å². The highest BCUT2D eigenvalue weighted by Crippen LogP contribution is 2.46. The fourth-order valence-corrected chi connectivity index (χ4v) is 7.40. The molecular weight excluding hydrogens is 516 g/mol. The minimum atomic E-state index is -4.08. The van der Waals surface area contributed by atoms with Gasteiger partial charge < -0.3 is 14.2 Å². The number of amides is 2. The van der Waals surface area contributed by atoms with Gasteiger partial charge in [0.25, 0.3) is 15.9 Å². The van der Waals surface area contributed by atoms with Gasteiger partial charge in [0.2, 0.25) is 0 Å². The predicted molar refractivity (Wildman–Crippen MR) is 131 cm³/mol. The van der Waals surface area contributed by atoms with Gasteiger partial charge in [-0.25, -0.2) is 18.1 Å². The third kappa shape index (κ3) is 4.48. The molecule has 2 saturated carbocycles. The summed E-state index contributed by atoms with van der Waals surface area (Å²) < 4.78 is 46.4. The van der Waals surface area contributed by atoms with E-state index in [0.29, 0.717) is 17.4 Å². The van der Waals surface area contributed by atoms with Crippen LogP contribution in [0.5, 0.6) is 5.75 Å². The lowest BCUT2D eigenvalue weighted by Gasteiger charge is -2.36. The Balaban J connectivity index is 1.26. The summed E-state index contributed by atoms with van der Waals surface area (Å²) >= 11 is 0. The molecule has 1 aromatic carbocycles. The zero-order chi connectivity index (χ0) is 26.6. The molecular formula is C25H28N4O8S. The average Bonchev–Trinajstić information content (AvgIpc) is 3.67. The number of carbonyl (C=O) groups is 3. The van der Waals surface area contributed by atoms with E-state index < -0.39 is 28.1 Å². The van der Waals surface area contributed by atoms with E-state index >= 15 is 0 Å². The van der Waals surface area contributed by atoms with E-state index in [9.17, 15) is 22.8 Å². The number of sulfonamides is 1. The summed E-state index contributed by atoms with van der Waals surface area (Å²) in [4.78, 5) is 37.6. The van der Waals surface area contributed by atoms with Crippen molar-refractivity contribution >= 4 is 33.7 Å². The summed E-state index contributed by atoms with van der Waals surface area (Å²) in [5, 5.41) is 3.98. The number of esters is 1. The Morgan fingerprint density at radius 2 is 2.05 bits per heavy atom. The van der Waals surface area contributed by atoms with Gasteiger partial charge in [-0.15, -0.1) is 0 Å². The second kappa shape index (κ2) is 9.29. The van der Waals surface area contributed by atoms with Crippen LogP contribution in [0.2, 0.25) is 0 Å². The summed E-state index contributed by atoms with van der Waals surface area (Å²) in [5.74, 6) is 0.479. The zero-order valence-corrected chi connectivity index (χ0v) is 21.6. The van der Waals surface area contributed by atoms with Crippen molar-refractivity contribution in [2.45, 2.75) is 49.2 Å². The number of rotatable bonds is 7. The first-order chi connectivity index (χ1) is 18.2. The van der Waals surface area contributed by atoms with Crippen molar-refractivity contribution in [2.24, 2.45) is 18.9 Å². The molecule has 6 rings (SSSR count). The van der Waals surface area contributed by atoms with E-state index in [4.69, 9.17) is 14.2 Å². The lowest BCUT2D eigenvalue weighted by molar-refractivity contribution is -0.150. The Labute approximate surface area is 219 Å². The lowest BCUT2D eigenvalue weighted by atomic mass is 9.98. The molecule has 202 valence electrons. The normalized spacial score (nSPS) is 26.3. The molecule has 3 heterocycles. The van der Waals surface area contributed by atoms with Crippen molar-refractivity contribution < 1.29 is 37.0 Å². The topological polar surface area (TPSA) is 137 Å². The van der Waals surface area contributed by atoms with Crippen LogP contribution in [-0.4, -0.2) is 73.0 Å². The maximum Gasteiger partial charge on any atom is 0.417 e. The van der Waals surface area contributed by atoms with Crippen molar-refractivity contribution in [1.82, 2.24) is 14.7 Å². The number of aromatic nitrogens is 2. The van der Waals surface area contributed by atoms with Gasteiger partial charge >= 0.3 is 12.1 Å². The van der Waals surface area contributed by atoms with Gasteiger partial charge in [0.15, 0.2) is 6.61 Å². The molecule has 4 atom stereocenters. The Hall–Kier alpha value is -3.61. The molecule has 0 radical (unpaired) electrons. The van der Waals surface area contributed by atoms with Crippen LogP contribution >= 0.6 is 0 Å². The number of fused-ring (bicyclic) bond motifs is 3. The van der Waals surface area contributed by atoms with Crippen molar-refractivity contribution in [3.63, 3.8) is 0 Å². The first-order valence-electron chi connectivity index (χ1n) is 12.6. The van der Waals surface area contributed by atoms with Crippen LogP contribution in [-0.2, 0) is 42.6 Å². The first kappa shape index (κ1) is 24.7. The van der Waals surface area contributed by atoms with Crippen molar-refractivity contribution in [2.75, 3.05) is 24.0 Å². The molecule has 2 aromatic rings. The number of ether oxygens (including phenoxy) is 3. The van der Waals surface area contributed by atoms with Gasteiger partial charge in [0.05, 0.1) is 31.4 Å². The maximum atomic E-state index is 13.7. The van der Waals surface area contributed by atoms with E-state index in [1.165, 1.54) is 27.8 Å². The number of carbonyl (C=O) groups excluding carboxylic acids is 3. The highest BCUT2D eigenvalue weighted by atomic mass is 32.2. The number of aryl methyl sites for hydroxylation is 1. The van der Waals surface area contributed by atoms with E-state index in [-0.39, 0.29) is 54.5 Å². The standard InChI is InChI=1S/C25H28N4O8S/c1-27-13-19(10-26-27)38(33,34)29-12-18(11-28-23(30)14-35-25(28)32)36-21-5-3-16(7-20(21)29)9-24(31)37-22-8-15-2-4-17(22)6-15/h3,5,7,10,13,15,17-18,22H,2,4,6,8-9,11-12,14H2,1H3/t15?,17?,18-,22-/m0/s1. The van der Waals surface area contributed by atoms with Crippen LogP contribution in [0, 0.1) is 11.8 Å². The second-order valence-electron chi connectivity index (χ2n) is 10.4. The number of nitrogens with zero attached hydrogens (tertiary/aromatic N) is 4. The van der Waals surface area contributed by atoms with Crippen molar-refractivity contribution in [3.05, 3.63) is 36.2 Å². The van der Waals surface area contributed by atoms with Crippen LogP contribution in [0.15, 0.2) is 35.5 Å². The minimum Gasteiger partial charge on any atom is -0.484 e. The third-order valence-electron chi connectivity index (χ3n) is 7.76. The molecule has 13 heteroatoms. The quantitative estimate of drug-likeness (QED) is 0.476. The average molecular weight is 545 g/mol. The predicted octanol–water partition coefficient (Wildman–Crippen LogP) is 1.63. The van der Waals surface area contributed by atoms with Crippen LogP contribution < -0.4 is 9.04 Å². The fraction of sp³-hybridized carbons (Fsp3) is 0.520. The molecule has 4 aliphatic rings. The van der Waals surface area contributed by atoms with Gasteiger partial charge in [-0.1, -0.05) is 6.07 Å². The largest absolute Gasteiger partial charge is 0.484 e. The molecule has 2 aliphatic heterocycles. The van der Waals surface area contributed by atoms with E-state index in [1.807, 2.05) is 0 Å². The zero-order valence-electron chi connectivity index (χ0n) is 20.8. The molecule has 0 N–H and O–H groups in total. The van der Waals surface area contributed by atoms with E-state index in [1.54, 1.807) is 25.2 Å². The van der Waals surface area contributed by atoms with Gasteiger partial charge in [0.1, 0.15) is 22.9 Å². The Morgan fingerprint density at radius 3 is 2.71 bits per heavy atom. The highest BCUT2D eigenvalue weighted by Gasteiger charge is 2.42. The summed E-state index contributed by atoms with van der Waals surface area (Å²) in [6, 6.07) is 4.89. The van der Waals surface area contributed by atoms with Crippen molar-refractivity contribution in [1.29, 1.82) is 0 Å². The summed E-state index contributed by atoms with van der Waals surface area (Å²) in [6.07, 6.45) is 5.31. The molecule has 0 spiro atoms. The molecule has 3 fully saturated rings. The number of cyclic esters (lactones) is 1. The number of imide groups is 1. The molecule has 2 aliphatic carbocycles. The number of anilines is 1. The van der Waals surface area contributed by atoms with Gasteiger partial charge in [0, 0.05) is 13.2 Å². The monoisotopic (exact) mass is 544 g/mol. The minimum absolute atomic E-state index is 0.000500. The molecule has 1 aromatic heterocycles. The molecule has 2 amide bonds. The summed E-state index contributed by atoms with van der Waals surface area (Å²) in [5.41, 5.74) is 0.842. The number of benzene rings is 1. The highest BCUT2D eigenvalue weighted by molar-refractivity contribution is 7.92. The van der Waals surface area contributed by atoms with Gasteiger partial charge in [-0.2, -0.15) is 5.10 Å². The van der Waals surface area contributed by atoms with Crippen molar-refractivity contribution in [3.8, 4) is 5.75 Å². The molecule has 38 heavy (non-hydrogen) atoms. The van der Waals surface area contributed by atoms with Gasteiger partial charge in [-0.3, -0.25) is 18.6 Å². The van der Waals surface area contributed by atoms with Gasteiger partial charge in [-0.05, 0) is 55.2 Å². The maximum absolute atomic E-state index is 13.7. The lowest BCUT2D eigenvalue weighted by Crippen LogP contribution is -2.49. The first-order valence-corrected chi connectivity index (χ1v) is 14.1. The SMILES string of the molecule is Cn1cc(S(=O)(=O)N2C[C@H](CN3C(=O)COC3=O)Oc3ccc(CC(=O)O[C@H]4CC5CCC4C5)cc32)cn1. The Bertz CT molecular complexity index is 1390. The smallest absolute Gasteiger partial charge is 0.417 e. The van der Waals surface area contributed by atoms with Crippen LogP contribution in [0.1, 0.15) is 31.2 Å². The third-order valence-corrected chi connectivity index (χ3v) is 9.49. The van der Waals surface area contributed by atoms with E-state index in [0.717, 1.165) is 24.2 Å². The molecule has 1 saturated heterocycles. The summed E-state index contributed by atoms with van der Waals surface area (Å²) in [6.45, 7) is -0.699. The molecule has 12 nitrogen and oxygen atoms in total. The van der Waals surface area contributed by atoms with Crippen LogP contribution in [0.4, 0.5) is 10.5 Å². The van der Waals surface area contributed by atoms with Crippen LogP contribution in [0.3, 0.4) is 0 Å². The molecule has 2 unspecified atom stereocenters.